The number of primary sulfonamides is 1. The molecule has 0 aliphatic carbocycles. The number of carbonyl (C=O) groups excluding carboxylic acids is 3. The van der Waals surface area contributed by atoms with Crippen molar-refractivity contribution in [3.05, 3.63) is 89.0 Å². The maximum atomic E-state index is 12.5. The lowest BCUT2D eigenvalue weighted by atomic mass is 9.97. The number of sulfonamides is 2. The average Bonchev–Trinajstić information content (AvgIpc) is 2.88. The summed E-state index contributed by atoms with van der Waals surface area (Å²) in [4.78, 5) is 34.6. The number of carbonyl (C=O) groups is 3. The summed E-state index contributed by atoms with van der Waals surface area (Å²) in [6, 6.07) is 16.1. The highest BCUT2D eigenvalue weighted by Gasteiger charge is 2.20. The second kappa shape index (κ2) is 13.5. The Kier molecular flexibility index (Phi) is 10.9. The standard InChI is InChI=1S/C20H24N2O4S.C8H9NO3S/c1-5-15-8-7-11-18(13(2)3)19(15)21-20(24)22-27(25,26)17-10-6-9-16(12-17)14(4)23;1-6(10)7-3-2-4-8(5-7)13(9,11)12/h6-13H,5H2,1-4H3,(H2,21,22,24);2-5H,1H3,(H2,9,11,12). The molecule has 3 rings (SSSR count). The van der Waals surface area contributed by atoms with Gasteiger partial charge < -0.3 is 5.32 Å². The summed E-state index contributed by atoms with van der Waals surface area (Å²) in [5, 5.41) is 7.57. The topological polar surface area (TPSA) is 170 Å². The first-order chi connectivity index (χ1) is 18.6. The van der Waals surface area contributed by atoms with Crippen molar-refractivity contribution in [2.75, 3.05) is 5.32 Å². The zero-order valence-electron chi connectivity index (χ0n) is 22.9. The van der Waals surface area contributed by atoms with Gasteiger partial charge in [0.25, 0.3) is 10.0 Å². The van der Waals surface area contributed by atoms with Gasteiger partial charge in [0.05, 0.1) is 9.79 Å². The lowest BCUT2D eigenvalue weighted by Gasteiger charge is -2.18. The maximum Gasteiger partial charge on any atom is 0.333 e. The van der Waals surface area contributed by atoms with Crippen LogP contribution in [0.5, 0.6) is 0 Å². The quantitative estimate of drug-likeness (QED) is 0.323. The fourth-order valence-electron chi connectivity index (χ4n) is 3.64. The van der Waals surface area contributed by atoms with E-state index in [4.69, 9.17) is 5.14 Å². The summed E-state index contributed by atoms with van der Waals surface area (Å²) < 4.78 is 48.8. The number of hydrogen-bond acceptors (Lipinski definition) is 7. The van der Waals surface area contributed by atoms with Crippen molar-refractivity contribution in [1.82, 2.24) is 4.72 Å². The van der Waals surface area contributed by atoms with E-state index < -0.39 is 26.1 Å². The Labute approximate surface area is 235 Å². The van der Waals surface area contributed by atoms with Crippen LogP contribution in [-0.2, 0) is 26.5 Å². The molecule has 3 aromatic rings. The minimum absolute atomic E-state index is 0.0415. The Balaban J connectivity index is 0.000000360. The van der Waals surface area contributed by atoms with Crippen molar-refractivity contribution in [3.63, 3.8) is 0 Å². The molecule has 3 aromatic carbocycles. The minimum Gasteiger partial charge on any atom is -0.307 e. The number of amides is 2. The number of ketones is 2. The molecule has 0 fully saturated rings. The molecule has 0 saturated carbocycles. The van der Waals surface area contributed by atoms with Crippen LogP contribution in [0.25, 0.3) is 0 Å². The first-order valence-corrected chi connectivity index (χ1v) is 15.3. The Hall–Kier alpha value is -3.87. The summed E-state index contributed by atoms with van der Waals surface area (Å²) in [7, 11) is -7.81. The highest BCUT2D eigenvalue weighted by molar-refractivity contribution is 7.90. The average molecular weight is 588 g/mol. The van der Waals surface area contributed by atoms with Gasteiger partial charge in [-0.25, -0.2) is 31.5 Å². The molecule has 40 heavy (non-hydrogen) atoms. The summed E-state index contributed by atoms with van der Waals surface area (Å²) in [6.45, 7) is 8.68. The molecule has 0 aliphatic rings. The fraction of sp³-hybridized carbons (Fsp3) is 0.250. The van der Waals surface area contributed by atoms with Crippen LogP contribution in [0.1, 0.15) is 72.4 Å². The molecule has 4 N–H and O–H groups in total. The van der Waals surface area contributed by atoms with E-state index in [0.29, 0.717) is 17.7 Å². The maximum absolute atomic E-state index is 12.5. The van der Waals surface area contributed by atoms with Gasteiger partial charge in [0.1, 0.15) is 0 Å². The van der Waals surface area contributed by atoms with E-state index in [1.165, 1.54) is 62.4 Å². The van der Waals surface area contributed by atoms with Crippen molar-refractivity contribution < 1.29 is 31.2 Å². The summed E-state index contributed by atoms with van der Waals surface area (Å²) in [6.07, 6.45) is 0.698. The number of nitrogens with one attached hydrogen (secondary N) is 2. The van der Waals surface area contributed by atoms with Crippen LogP contribution in [0, 0.1) is 0 Å². The molecule has 0 saturated heterocycles. The van der Waals surface area contributed by atoms with Crippen LogP contribution >= 0.6 is 0 Å². The van der Waals surface area contributed by atoms with E-state index >= 15 is 0 Å². The molecule has 10 nitrogen and oxygen atoms in total. The fourth-order valence-corrected chi connectivity index (χ4v) is 5.15. The molecule has 214 valence electrons. The Morgan fingerprint density at radius 2 is 1.30 bits per heavy atom. The highest BCUT2D eigenvalue weighted by atomic mass is 32.2. The smallest absolute Gasteiger partial charge is 0.307 e. The Morgan fingerprint density at radius 1 is 0.800 bits per heavy atom. The van der Waals surface area contributed by atoms with Gasteiger partial charge in [-0.2, -0.15) is 0 Å². The van der Waals surface area contributed by atoms with Gasteiger partial charge in [0, 0.05) is 16.8 Å². The molecular formula is C28H33N3O7S2. The molecule has 0 aromatic heterocycles. The van der Waals surface area contributed by atoms with E-state index in [9.17, 15) is 31.2 Å². The number of Topliss-reactive ketones (excluding diaryl/α,β-unsaturated/α-hetero) is 2. The zero-order chi connectivity index (χ0) is 30.3. The largest absolute Gasteiger partial charge is 0.333 e. The molecule has 0 unspecified atom stereocenters. The van der Waals surface area contributed by atoms with Crippen molar-refractivity contribution in [1.29, 1.82) is 0 Å². The van der Waals surface area contributed by atoms with E-state index in [0.717, 1.165) is 11.1 Å². The molecule has 0 spiro atoms. The predicted octanol–water partition coefficient (Wildman–Crippen LogP) is 4.62. The highest BCUT2D eigenvalue weighted by Crippen LogP contribution is 2.28. The lowest BCUT2D eigenvalue weighted by molar-refractivity contribution is 0.100. The number of para-hydroxylation sites is 1. The molecule has 0 bridgehead atoms. The van der Waals surface area contributed by atoms with Crippen molar-refractivity contribution in [2.24, 2.45) is 5.14 Å². The molecule has 0 atom stereocenters. The number of aryl methyl sites for hydroxylation is 1. The van der Waals surface area contributed by atoms with Gasteiger partial charge in [-0.05, 0) is 61.6 Å². The van der Waals surface area contributed by atoms with Gasteiger partial charge in [-0.1, -0.05) is 63.2 Å². The number of anilines is 1. The Bertz CT molecular complexity index is 1630. The lowest BCUT2D eigenvalue weighted by Crippen LogP contribution is -2.35. The third kappa shape index (κ3) is 8.83. The third-order valence-corrected chi connectivity index (χ3v) is 8.01. The molecule has 12 heteroatoms. The van der Waals surface area contributed by atoms with Gasteiger partial charge in [-0.15, -0.1) is 0 Å². The minimum atomic E-state index is -4.10. The first kappa shape index (κ1) is 32.3. The number of benzene rings is 3. The normalized spacial score (nSPS) is 11.3. The van der Waals surface area contributed by atoms with Gasteiger partial charge in [-0.3, -0.25) is 9.59 Å². The number of nitrogens with two attached hydrogens (primary N) is 1. The second-order valence-electron chi connectivity index (χ2n) is 9.16. The van der Waals surface area contributed by atoms with E-state index in [1.807, 2.05) is 43.7 Å². The van der Waals surface area contributed by atoms with Crippen LogP contribution in [0.4, 0.5) is 10.5 Å². The number of hydrogen-bond donors (Lipinski definition) is 3. The monoisotopic (exact) mass is 587 g/mol. The van der Waals surface area contributed by atoms with Crippen LogP contribution < -0.4 is 15.2 Å². The van der Waals surface area contributed by atoms with Crippen molar-refractivity contribution in [2.45, 2.75) is 56.7 Å². The van der Waals surface area contributed by atoms with Crippen molar-refractivity contribution >= 4 is 43.3 Å². The molecular weight excluding hydrogens is 554 g/mol. The Morgan fingerprint density at radius 3 is 1.77 bits per heavy atom. The van der Waals surface area contributed by atoms with Gasteiger partial charge in [0.2, 0.25) is 10.0 Å². The SMILES string of the molecule is CC(=O)c1cccc(S(N)(=O)=O)c1.CCc1cccc(C(C)C)c1NC(=O)NS(=O)(=O)c1cccc(C(C)=O)c1. The van der Waals surface area contributed by atoms with Crippen LogP contribution in [0.3, 0.4) is 0 Å². The van der Waals surface area contributed by atoms with Crippen molar-refractivity contribution in [3.8, 4) is 0 Å². The third-order valence-electron chi connectivity index (χ3n) is 5.77. The molecule has 0 radical (unpaired) electrons. The predicted molar refractivity (Wildman–Crippen MR) is 154 cm³/mol. The number of urea groups is 1. The molecule has 0 aliphatic heterocycles. The summed E-state index contributed by atoms with van der Waals surface area (Å²) in [5.41, 5.74) is 3.08. The summed E-state index contributed by atoms with van der Waals surface area (Å²) in [5.74, 6) is -0.281. The first-order valence-electron chi connectivity index (χ1n) is 12.3. The van der Waals surface area contributed by atoms with Gasteiger partial charge in [0.15, 0.2) is 11.6 Å². The van der Waals surface area contributed by atoms with E-state index in [2.05, 4.69) is 5.32 Å². The van der Waals surface area contributed by atoms with Crippen LogP contribution in [0.2, 0.25) is 0 Å². The zero-order valence-corrected chi connectivity index (χ0v) is 24.5. The second-order valence-corrected chi connectivity index (χ2v) is 12.4. The van der Waals surface area contributed by atoms with E-state index in [-0.39, 0.29) is 32.8 Å². The van der Waals surface area contributed by atoms with Crippen LogP contribution in [0.15, 0.2) is 76.5 Å². The van der Waals surface area contributed by atoms with Crippen LogP contribution in [-0.4, -0.2) is 34.4 Å². The summed E-state index contributed by atoms with van der Waals surface area (Å²) >= 11 is 0. The van der Waals surface area contributed by atoms with Gasteiger partial charge >= 0.3 is 6.03 Å². The van der Waals surface area contributed by atoms with E-state index in [1.54, 1.807) is 0 Å². The molecule has 0 heterocycles. The number of rotatable bonds is 8. The molecule has 2 amide bonds.